The molecule has 1 aliphatic rings. The second-order valence-electron chi connectivity index (χ2n) is 4.80. The Kier molecular flexibility index (Phi) is 3.79. The maximum atomic E-state index is 12.3. The number of hydrogen-bond acceptors (Lipinski definition) is 5. The van der Waals surface area contributed by atoms with Gasteiger partial charge >= 0.3 is 0 Å². The van der Waals surface area contributed by atoms with Crippen LogP contribution in [-0.4, -0.2) is 27.6 Å². The lowest BCUT2D eigenvalue weighted by molar-refractivity contribution is 0.102. The van der Waals surface area contributed by atoms with Crippen LogP contribution >= 0.6 is 11.3 Å². The van der Waals surface area contributed by atoms with Crippen LogP contribution in [0.1, 0.15) is 40.8 Å². The Morgan fingerprint density at radius 1 is 1.55 bits per heavy atom. The Morgan fingerprint density at radius 2 is 2.45 bits per heavy atom. The van der Waals surface area contributed by atoms with E-state index in [0.29, 0.717) is 17.4 Å². The second-order valence-corrected chi connectivity index (χ2v) is 5.66. The lowest BCUT2D eigenvalue weighted by Gasteiger charge is -2.12. The highest BCUT2D eigenvalue weighted by molar-refractivity contribution is 7.13. The summed E-state index contributed by atoms with van der Waals surface area (Å²) in [6.45, 7) is 3.72. The van der Waals surface area contributed by atoms with Crippen LogP contribution in [0.2, 0.25) is 0 Å². The van der Waals surface area contributed by atoms with Crippen molar-refractivity contribution >= 4 is 22.4 Å². The van der Waals surface area contributed by atoms with Gasteiger partial charge in [0.2, 0.25) is 0 Å². The second kappa shape index (κ2) is 5.72. The van der Waals surface area contributed by atoms with E-state index in [1.165, 1.54) is 11.3 Å². The predicted molar refractivity (Wildman–Crippen MR) is 78.1 cm³/mol. The number of nitrogens with zero attached hydrogens (tertiary/aromatic N) is 2. The number of rotatable bonds is 4. The highest BCUT2D eigenvalue weighted by atomic mass is 32.1. The van der Waals surface area contributed by atoms with Crippen LogP contribution in [0.15, 0.2) is 5.38 Å². The quantitative estimate of drug-likeness (QED) is 0.801. The average molecular weight is 291 g/mol. The topological polar surface area (TPSA) is 82.7 Å². The molecule has 0 saturated carbocycles. The van der Waals surface area contributed by atoms with E-state index in [1.807, 2.05) is 5.38 Å². The van der Waals surface area contributed by atoms with Crippen LogP contribution in [0.5, 0.6) is 0 Å². The third-order valence-electron chi connectivity index (χ3n) is 3.30. The van der Waals surface area contributed by atoms with E-state index in [1.54, 1.807) is 0 Å². The van der Waals surface area contributed by atoms with Crippen molar-refractivity contribution < 1.29 is 4.79 Å². The highest BCUT2D eigenvalue weighted by Gasteiger charge is 2.22. The van der Waals surface area contributed by atoms with Gasteiger partial charge < -0.3 is 5.32 Å². The van der Waals surface area contributed by atoms with Crippen molar-refractivity contribution in [3.05, 3.63) is 28.0 Å². The molecule has 0 spiro atoms. The van der Waals surface area contributed by atoms with Crippen LogP contribution in [0.4, 0.5) is 5.13 Å². The summed E-state index contributed by atoms with van der Waals surface area (Å²) in [5.41, 5.74) is 3.52. The molecule has 6 nitrogen and oxygen atoms in total. The Hall–Kier alpha value is -1.73. The normalized spacial score (nSPS) is 14.1. The number of thiazole rings is 1. The molecule has 0 aromatic carbocycles. The number of H-pyrrole nitrogens is 1. The number of aromatic amines is 1. The Labute approximate surface area is 121 Å². The number of carbonyl (C=O) groups excluding carboxylic acids is 1. The van der Waals surface area contributed by atoms with Crippen molar-refractivity contribution in [3.63, 3.8) is 0 Å². The highest BCUT2D eigenvalue weighted by Crippen LogP contribution is 2.20. The van der Waals surface area contributed by atoms with E-state index in [2.05, 4.69) is 32.7 Å². The maximum absolute atomic E-state index is 12.3. The number of carbonyl (C=O) groups is 1. The molecule has 3 N–H and O–H groups in total. The van der Waals surface area contributed by atoms with Crippen molar-refractivity contribution in [2.45, 2.75) is 32.7 Å². The first-order valence-corrected chi connectivity index (χ1v) is 7.68. The summed E-state index contributed by atoms with van der Waals surface area (Å²) in [5.74, 6) is -0.191. The van der Waals surface area contributed by atoms with Crippen LogP contribution < -0.4 is 10.6 Å². The minimum absolute atomic E-state index is 0.191. The molecule has 20 heavy (non-hydrogen) atoms. The summed E-state index contributed by atoms with van der Waals surface area (Å²) in [7, 11) is 0. The van der Waals surface area contributed by atoms with Gasteiger partial charge in [-0.2, -0.15) is 5.10 Å². The van der Waals surface area contributed by atoms with Crippen molar-refractivity contribution in [2.24, 2.45) is 0 Å². The molecule has 0 unspecified atom stereocenters. The largest absolute Gasteiger partial charge is 0.312 e. The first-order valence-electron chi connectivity index (χ1n) is 6.80. The first-order chi connectivity index (χ1) is 9.78. The molecule has 7 heteroatoms. The molecule has 0 saturated heterocycles. The lowest BCUT2D eigenvalue weighted by Crippen LogP contribution is -2.25. The van der Waals surface area contributed by atoms with E-state index < -0.39 is 0 Å². The van der Waals surface area contributed by atoms with E-state index in [0.717, 1.165) is 42.8 Å². The smallest absolute Gasteiger partial charge is 0.278 e. The first kappa shape index (κ1) is 13.3. The van der Waals surface area contributed by atoms with E-state index in [-0.39, 0.29) is 5.91 Å². The average Bonchev–Trinajstić information content (AvgIpc) is 3.06. The monoisotopic (exact) mass is 291 g/mol. The molecule has 0 fully saturated rings. The third kappa shape index (κ3) is 2.59. The fourth-order valence-corrected chi connectivity index (χ4v) is 3.04. The number of aromatic nitrogens is 3. The van der Waals surface area contributed by atoms with E-state index in [4.69, 9.17) is 0 Å². The Morgan fingerprint density at radius 3 is 3.30 bits per heavy atom. The lowest BCUT2D eigenvalue weighted by atomic mass is 10.1. The number of amides is 1. The zero-order valence-electron chi connectivity index (χ0n) is 11.3. The van der Waals surface area contributed by atoms with Gasteiger partial charge in [0, 0.05) is 36.1 Å². The van der Waals surface area contributed by atoms with E-state index in [9.17, 15) is 4.79 Å². The maximum Gasteiger partial charge on any atom is 0.278 e. The number of fused-ring (bicyclic) bond motifs is 1. The van der Waals surface area contributed by atoms with Gasteiger partial charge in [0.15, 0.2) is 10.8 Å². The van der Waals surface area contributed by atoms with Gasteiger partial charge in [-0.05, 0) is 6.42 Å². The van der Waals surface area contributed by atoms with Crippen LogP contribution in [0, 0.1) is 0 Å². The van der Waals surface area contributed by atoms with Gasteiger partial charge in [0.25, 0.3) is 5.91 Å². The summed E-state index contributed by atoms with van der Waals surface area (Å²) in [4.78, 5) is 16.7. The number of nitrogens with one attached hydrogen (secondary N) is 3. The molecule has 2 aromatic heterocycles. The zero-order valence-corrected chi connectivity index (χ0v) is 12.1. The molecular formula is C13H17N5OS. The summed E-state index contributed by atoms with van der Waals surface area (Å²) in [5, 5.41) is 15.8. The molecule has 1 aliphatic heterocycles. The molecule has 1 amide bonds. The van der Waals surface area contributed by atoms with Crippen LogP contribution in [0.3, 0.4) is 0 Å². The molecule has 0 aliphatic carbocycles. The minimum Gasteiger partial charge on any atom is -0.312 e. The summed E-state index contributed by atoms with van der Waals surface area (Å²) in [6, 6.07) is 0. The third-order valence-corrected chi connectivity index (χ3v) is 4.11. The van der Waals surface area contributed by atoms with Gasteiger partial charge in [-0.3, -0.25) is 15.2 Å². The summed E-state index contributed by atoms with van der Waals surface area (Å²) in [6.07, 6.45) is 2.87. The predicted octanol–water partition coefficient (Wildman–Crippen LogP) is 1.72. The van der Waals surface area contributed by atoms with Gasteiger partial charge in [-0.15, -0.1) is 11.3 Å². The van der Waals surface area contributed by atoms with Crippen molar-refractivity contribution in [1.82, 2.24) is 20.5 Å². The van der Waals surface area contributed by atoms with Crippen molar-refractivity contribution in [1.29, 1.82) is 0 Å². The standard InChI is InChI=1S/C13H17N5OS/c1-2-3-8-7-20-13(15-8)16-12(19)11-9-6-14-5-4-10(9)17-18-11/h7,14H,2-6H2,1H3,(H,17,18)(H,15,16,19). The fourth-order valence-electron chi connectivity index (χ4n) is 2.30. The molecular weight excluding hydrogens is 274 g/mol. The summed E-state index contributed by atoms with van der Waals surface area (Å²) >= 11 is 1.46. The number of anilines is 1. The van der Waals surface area contributed by atoms with Gasteiger partial charge in [-0.25, -0.2) is 4.98 Å². The van der Waals surface area contributed by atoms with Crippen molar-refractivity contribution in [2.75, 3.05) is 11.9 Å². The van der Waals surface area contributed by atoms with Crippen LogP contribution in [-0.2, 0) is 19.4 Å². The van der Waals surface area contributed by atoms with Gasteiger partial charge in [0.05, 0.1) is 5.69 Å². The SMILES string of the molecule is CCCc1csc(NC(=O)c2n[nH]c3c2CNCC3)n1. The molecule has 2 aromatic rings. The Balaban J connectivity index is 1.74. The summed E-state index contributed by atoms with van der Waals surface area (Å²) < 4.78 is 0. The van der Waals surface area contributed by atoms with E-state index >= 15 is 0 Å². The Bertz CT molecular complexity index is 618. The number of aryl methyl sites for hydroxylation is 1. The minimum atomic E-state index is -0.191. The van der Waals surface area contributed by atoms with Crippen molar-refractivity contribution in [3.8, 4) is 0 Å². The number of hydrogen-bond donors (Lipinski definition) is 3. The zero-order chi connectivity index (χ0) is 13.9. The molecule has 3 rings (SSSR count). The van der Waals surface area contributed by atoms with Gasteiger partial charge in [-0.1, -0.05) is 13.3 Å². The molecule has 0 bridgehead atoms. The van der Waals surface area contributed by atoms with Gasteiger partial charge in [0.1, 0.15) is 0 Å². The molecule has 0 radical (unpaired) electrons. The van der Waals surface area contributed by atoms with Crippen LogP contribution in [0.25, 0.3) is 0 Å². The molecule has 0 atom stereocenters. The molecule has 3 heterocycles. The molecule has 106 valence electrons. The fraction of sp³-hybridized carbons (Fsp3) is 0.462.